The van der Waals surface area contributed by atoms with E-state index in [0.29, 0.717) is 5.56 Å². The van der Waals surface area contributed by atoms with Gasteiger partial charge in [-0.05, 0) is 30.2 Å². The molecule has 0 aromatic heterocycles. The maximum atomic E-state index is 11.4. The molecule has 2 aromatic rings. The Morgan fingerprint density at radius 2 is 1.41 bits per heavy atom. The zero-order chi connectivity index (χ0) is 12.3. The van der Waals surface area contributed by atoms with E-state index in [1.807, 2.05) is 24.3 Å². The number of aryl methyl sites for hydroxylation is 1. The zero-order valence-corrected chi connectivity index (χ0v) is 10.0. The van der Waals surface area contributed by atoms with Gasteiger partial charge in [-0.1, -0.05) is 42.0 Å². The average Bonchev–Trinajstić information content (AvgIpc) is 2.39. The number of nitrogens with one attached hydrogen (secondary N) is 1. The van der Waals surface area contributed by atoms with Gasteiger partial charge in [-0.25, -0.2) is 0 Å². The van der Waals surface area contributed by atoms with Gasteiger partial charge in [-0.15, -0.1) is 0 Å². The van der Waals surface area contributed by atoms with Crippen molar-refractivity contribution in [1.29, 1.82) is 0 Å². The van der Waals surface area contributed by atoms with E-state index in [1.165, 1.54) is 11.1 Å². The van der Waals surface area contributed by atoms with Gasteiger partial charge in [0.2, 0.25) is 0 Å². The van der Waals surface area contributed by atoms with Crippen LogP contribution in [0, 0.1) is 6.92 Å². The second-order valence-electron chi connectivity index (χ2n) is 4.02. The van der Waals surface area contributed by atoms with Crippen molar-refractivity contribution in [2.45, 2.75) is 6.92 Å². The molecular weight excluding hydrogens is 210 g/mol. The fourth-order valence-corrected chi connectivity index (χ4v) is 1.70. The summed E-state index contributed by atoms with van der Waals surface area (Å²) in [6, 6.07) is 16.0. The first kappa shape index (κ1) is 11.4. The second kappa shape index (κ2) is 4.83. The highest BCUT2D eigenvalue weighted by molar-refractivity contribution is 5.94. The lowest BCUT2D eigenvalue weighted by Crippen LogP contribution is -2.17. The van der Waals surface area contributed by atoms with E-state index in [2.05, 4.69) is 36.5 Å². The van der Waals surface area contributed by atoms with E-state index in [0.717, 1.165) is 5.56 Å². The number of rotatable bonds is 2. The average molecular weight is 227 g/mol. The summed E-state index contributed by atoms with van der Waals surface area (Å²) in [5.74, 6) is -0.0551. The standard InChI is InChI=1S/C15H15NO.H2/c1-11-3-5-12(6-4-11)13-7-9-14(10-8-13)15(17)16-2;/h3-10H,1-2H3,(H,16,17);1H. The predicted octanol–water partition coefficient (Wildman–Crippen LogP) is 3.27. The molecule has 17 heavy (non-hydrogen) atoms. The normalized spacial score (nSPS) is 10.0. The maximum Gasteiger partial charge on any atom is 0.251 e. The second-order valence-corrected chi connectivity index (χ2v) is 4.02. The van der Waals surface area contributed by atoms with Crippen molar-refractivity contribution < 1.29 is 6.22 Å². The number of carbonyl (C=O) groups excluding carboxylic acids is 1. The Morgan fingerprint density at radius 1 is 0.941 bits per heavy atom. The van der Waals surface area contributed by atoms with Crippen LogP contribution < -0.4 is 5.32 Å². The molecule has 0 radical (unpaired) electrons. The number of hydrogen-bond donors (Lipinski definition) is 1. The summed E-state index contributed by atoms with van der Waals surface area (Å²) < 4.78 is 0. The Hall–Kier alpha value is -2.09. The lowest BCUT2D eigenvalue weighted by atomic mass is 10.0. The van der Waals surface area contributed by atoms with Crippen LogP contribution in [0.3, 0.4) is 0 Å². The molecule has 0 atom stereocenters. The molecule has 0 saturated heterocycles. The highest BCUT2D eigenvalue weighted by Crippen LogP contribution is 2.20. The van der Waals surface area contributed by atoms with Crippen LogP contribution in [0.5, 0.6) is 0 Å². The fourth-order valence-electron chi connectivity index (χ4n) is 1.70. The van der Waals surface area contributed by atoms with Crippen molar-refractivity contribution in [2.75, 3.05) is 7.05 Å². The lowest BCUT2D eigenvalue weighted by molar-refractivity contribution is 0.0963. The van der Waals surface area contributed by atoms with Crippen molar-refractivity contribution in [1.82, 2.24) is 5.32 Å². The van der Waals surface area contributed by atoms with E-state index < -0.39 is 0 Å². The van der Waals surface area contributed by atoms with Crippen LogP contribution >= 0.6 is 0 Å². The molecule has 0 fully saturated rings. The minimum absolute atomic E-state index is 0. The first-order valence-corrected chi connectivity index (χ1v) is 5.60. The van der Waals surface area contributed by atoms with Crippen molar-refractivity contribution in [3.8, 4) is 11.1 Å². The van der Waals surface area contributed by atoms with E-state index >= 15 is 0 Å². The van der Waals surface area contributed by atoms with Crippen molar-refractivity contribution >= 4 is 5.91 Å². The van der Waals surface area contributed by atoms with Gasteiger partial charge in [0.1, 0.15) is 0 Å². The summed E-state index contributed by atoms with van der Waals surface area (Å²) in [5, 5.41) is 2.61. The molecule has 0 heterocycles. The van der Waals surface area contributed by atoms with Gasteiger partial charge >= 0.3 is 0 Å². The molecule has 0 bridgehead atoms. The minimum Gasteiger partial charge on any atom is -0.355 e. The minimum atomic E-state index is -0.0551. The van der Waals surface area contributed by atoms with Gasteiger partial charge in [-0.2, -0.15) is 0 Å². The molecule has 1 amide bonds. The van der Waals surface area contributed by atoms with Crippen LogP contribution in [0.25, 0.3) is 11.1 Å². The van der Waals surface area contributed by atoms with Crippen LogP contribution in [0.15, 0.2) is 48.5 Å². The molecule has 0 unspecified atom stereocenters. The summed E-state index contributed by atoms with van der Waals surface area (Å²) >= 11 is 0. The van der Waals surface area contributed by atoms with Gasteiger partial charge in [-0.3, -0.25) is 4.79 Å². The van der Waals surface area contributed by atoms with E-state index in [9.17, 15) is 4.79 Å². The van der Waals surface area contributed by atoms with E-state index in [4.69, 9.17) is 0 Å². The first-order chi connectivity index (χ1) is 8.20. The third kappa shape index (κ3) is 2.53. The van der Waals surface area contributed by atoms with Crippen LogP contribution in [0.2, 0.25) is 0 Å². The Balaban J connectivity index is 0.00000162. The highest BCUT2D eigenvalue weighted by atomic mass is 16.1. The maximum absolute atomic E-state index is 11.4. The number of carbonyl (C=O) groups is 1. The molecule has 2 nitrogen and oxygen atoms in total. The van der Waals surface area contributed by atoms with Gasteiger partial charge in [0, 0.05) is 14.0 Å². The molecule has 2 aromatic carbocycles. The summed E-state index contributed by atoms with van der Waals surface area (Å²) in [6.07, 6.45) is 0. The quantitative estimate of drug-likeness (QED) is 0.838. The highest BCUT2D eigenvalue weighted by Gasteiger charge is 2.03. The molecule has 2 rings (SSSR count). The zero-order valence-electron chi connectivity index (χ0n) is 10.0. The summed E-state index contributed by atoms with van der Waals surface area (Å²) in [7, 11) is 1.64. The van der Waals surface area contributed by atoms with Crippen LogP contribution in [0.1, 0.15) is 17.3 Å². The lowest BCUT2D eigenvalue weighted by Gasteiger charge is -2.04. The SMILES string of the molecule is CNC(=O)c1ccc(-c2ccc(C)cc2)cc1.[HH]. The summed E-state index contributed by atoms with van der Waals surface area (Å²) in [6.45, 7) is 2.07. The molecule has 0 spiro atoms. The monoisotopic (exact) mass is 227 g/mol. The van der Waals surface area contributed by atoms with Crippen LogP contribution in [-0.2, 0) is 0 Å². The Bertz CT molecular complexity index is 517. The van der Waals surface area contributed by atoms with Gasteiger partial charge in [0.15, 0.2) is 0 Å². The summed E-state index contributed by atoms with van der Waals surface area (Å²) in [4.78, 5) is 11.4. The molecule has 1 N–H and O–H groups in total. The third-order valence-electron chi connectivity index (χ3n) is 2.76. The van der Waals surface area contributed by atoms with E-state index in [1.54, 1.807) is 7.05 Å². The third-order valence-corrected chi connectivity index (χ3v) is 2.76. The van der Waals surface area contributed by atoms with Gasteiger partial charge < -0.3 is 5.32 Å². The predicted molar refractivity (Wildman–Crippen MR) is 72.1 cm³/mol. The fraction of sp³-hybridized carbons (Fsp3) is 0.133. The van der Waals surface area contributed by atoms with Crippen LogP contribution in [0.4, 0.5) is 0 Å². The van der Waals surface area contributed by atoms with Crippen molar-refractivity contribution in [3.05, 3.63) is 59.7 Å². The number of amides is 1. The largest absolute Gasteiger partial charge is 0.355 e. The van der Waals surface area contributed by atoms with Crippen molar-refractivity contribution in [2.24, 2.45) is 0 Å². The molecular formula is C15H17NO. The number of benzene rings is 2. The van der Waals surface area contributed by atoms with Crippen LogP contribution in [-0.4, -0.2) is 13.0 Å². The molecule has 0 saturated carbocycles. The topological polar surface area (TPSA) is 29.1 Å². The summed E-state index contributed by atoms with van der Waals surface area (Å²) in [5.41, 5.74) is 4.22. The van der Waals surface area contributed by atoms with E-state index in [-0.39, 0.29) is 7.33 Å². The molecule has 0 aliphatic rings. The van der Waals surface area contributed by atoms with Gasteiger partial charge in [0.25, 0.3) is 5.91 Å². The molecule has 0 aliphatic heterocycles. The molecule has 88 valence electrons. The first-order valence-electron chi connectivity index (χ1n) is 5.60. The Kier molecular flexibility index (Phi) is 3.24. The Morgan fingerprint density at radius 3 is 1.88 bits per heavy atom. The molecule has 0 aliphatic carbocycles. The Labute approximate surface area is 103 Å². The number of hydrogen-bond acceptors (Lipinski definition) is 1. The smallest absolute Gasteiger partial charge is 0.251 e. The van der Waals surface area contributed by atoms with Crippen molar-refractivity contribution in [3.63, 3.8) is 0 Å². The molecule has 2 heteroatoms. The van der Waals surface area contributed by atoms with Gasteiger partial charge in [0.05, 0.1) is 0 Å².